The average Bonchev–Trinajstić information content (AvgIpc) is 2.23. The van der Waals surface area contributed by atoms with E-state index in [4.69, 9.17) is 11.5 Å². The van der Waals surface area contributed by atoms with Crippen LogP contribution in [0.3, 0.4) is 0 Å². The third kappa shape index (κ3) is 1.74. The van der Waals surface area contributed by atoms with Crippen molar-refractivity contribution in [3.05, 3.63) is 24.0 Å². The monoisotopic (exact) mass is 218 g/mol. The fourth-order valence-electron chi connectivity index (χ4n) is 2.22. The van der Waals surface area contributed by atoms with E-state index in [1.54, 1.807) is 12.4 Å². The molecule has 2 heterocycles. The van der Waals surface area contributed by atoms with Crippen LogP contribution in [0.25, 0.3) is 0 Å². The van der Waals surface area contributed by atoms with Gasteiger partial charge in [0.15, 0.2) is 0 Å². The Bertz CT molecular complexity index is 413. The predicted octanol–water partition coefficient (Wildman–Crippen LogP) is 1.32. The summed E-state index contributed by atoms with van der Waals surface area (Å²) in [4.78, 5) is 8.64. The third-order valence-electron chi connectivity index (χ3n) is 2.94. The summed E-state index contributed by atoms with van der Waals surface area (Å²) in [5.41, 5.74) is 13.6. The van der Waals surface area contributed by atoms with Crippen LogP contribution in [0.1, 0.15) is 26.0 Å². The van der Waals surface area contributed by atoms with Crippen LogP contribution in [0, 0.1) is 5.92 Å². The fraction of sp³-hybridized carbons (Fsp3) is 0.500. The Hall–Kier alpha value is -1.26. The molecule has 0 saturated carbocycles. The van der Waals surface area contributed by atoms with Crippen LogP contribution in [-0.4, -0.2) is 17.2 Å². The van der Waals surface area contributed by atoms with Gasteiger partial charge in [-0.05, 0) is 24.5 Å². The minimum absolute atomic E-state index is 0.266. The lowest BCUT2D eigenvalue weighted by Gasteiger charge is -2.37. The minimum atomic E-state index is -0.591. The van der Waals surface area contributed by atoms with E-state index >= 15 is 0 Å². The molecule has 16 heavy (non-hydrogen) atoms. The summed E-state index contributed by atoms with van der Waals surface area (Å²) in [5, 5.41) is 0. The van der Waals surface area contributed by atoms with Gasteiger partial charge in [-0.25, -0.2) is 0 Å². The summed E-state index contributed by atoms with van der Waals surface area (Å²) in [5.74, 6) is 0.470. The molecule has 0 amide bonds. The summed E-state index contributed by atoms with van der Waals surface area (Å²) in [6.45, 7) is 4.27. The van der Waals surface area contributed by atoms with Gasteiger partial charge in [-0.2, -0.15) is 0 Å². The molecule has 0 radical (unpaired) electrons. The number of rotatable bonds is 2. The zero-order chi connectivity index (χ0) is 11.8. The average molecular weight is 218 g/mol. The van der Waals surface area contributed by atoms with Gasteiger partial charge in [-0.1, -0.05) is 13.8 Å². The van der Waals surface area contributed by atoms with E-state index in [-0.39, 0.29) is 6.04 Å². The molecular weight excluding hydrogens is 200 g/mol. The predicted molar refractivity (Wildman–Crippen MR) is 65.7 cm³/mol. The third-order valence-corrected chi connectivity index (χ3v) is 2.94. The van der Waals surface area contributed by atoms with Crippen molar-refractivity contribution in [2.45, 2.75) is 31.8 Å². The van der Waals surface area contributed by atoms with E-state index in [1.807, 2.05) is 12.1 Å². The number of nitrogens with two attached hydrogens (primary N) is 2. The molecule has 0 aromatic carbocycles. The van der Waals surface area contributed by atoms with Crippen LogP contribution in [-0.2, 0) is 5.54 Å². The van der Waals surface area contributed by atoms with Gasteiger partial charge in [0.25, 0.3) is 0 Å². The molecule has 86 valence electrons. The maximum Gasteiger partial charge on any atom is 0.0878 e. The molecule has 4 nitrogen and oxygen atoms in total. The van der Waals surface area contributed by atoms with E-state index in [0.717, 1.165) is 17.8 Å². The van der Waals surface area contributed by atoms with Gasteiger partial charge >= 0.3 is 0 Å². The largest absolute Gasteiger partial charge is 0.321 e. The normalized spacial score (nSPS) is 28.2. The number of hydrogen-bond donors (Lipinski definition) is 2. The molecule has 0 fully saturated rings. The van der Waals surface area contributed by atoms with Crippen LogP contribution < -0.4 is 11.5 Å². The Morgan fingerprint density at radius 2 is 2.25 bits per heavy atom. The van der Waals surface area contributed by atoms with Gasteiger partial charge < -0.3 is 11.5 Å². The van der Waals surface area contributed by atoms with Crippen molar-refractivity contribution in [3.63, 3.8) is 0 Å². The van der Waals surface area contributed by atoms with Crippen LogP contribution in [0.5, 0.6) is 0 Å². The van der Waals surface area contributed by atoms with Crippen molar-refractivity contribution in [2.24, 2.45) is 22.4 Å². The number of hydrogen-bond acceptors (Lipinski definition) is 4. The van der Waals surface area contributed by atoms with Gasteiger partial charge in [0, 0.05) is 12.4 Å². The number of pyridine rings is 1. The molecule has 2 atom stereocenters. The van der Waals surface area contributed by atoms with Crippen LogP contribution in [0.4, 0.5) is 5.69 Å². The van der Waals surface area contributed by atoms with Crippen molar-refractivity contribution in [1.29, 1.82) is 0 Å². The molecule has 2 rings (SSSR count). The van der Waals surface area contributed by atoms with Crippen molar-refractivity contribution >= 4 is 11.9 Å². The lowest BCUT2D eigenvalue weighted by Crippen LogP contribution is -2.55. The highest BCUT2D eigenvalue weighted by molar-refractivity contribution is 5.75. The highest BCUT2D eigenvalue weighted by Crippen LogP contribution is 2.35. The number of nitrogens with zero attached hydrogens (tertiary/aromatic N) is 2. The van der Waals surface area contributed by atoms with Gasteiger partial charge in [-0.15, -0.1) is 0 Å². The quantitative estimate of drug-likeness (QED) is 0.786. The van der Waals surface area contributed by atoms with Crippen LogP contribution in [0.2, 0.25) is 0 Å². The van der Waals surface area contributed by atoms with Gasteiger partial charge in [0.1, 0.15) is 0 Å². The minimum Gasteiger partial charge on any atom is -0.321 e. The van der Waals surface area contributed by atoms with E-state index < -0.39 is 5.54 Å². The molecule has 0 bridgehead atoms. The second kappa shape index (κ2) is 3.96. The molecular formula is C12H18N4. The molecule has 1 aromatic heterocycles. The van der Waals surface area contributed by atoms with E-state index in [0.29, 0.717) is 5.92 Å². The summed E-state index contributed by atoms with van der Waals surface area (Å²) >= 11 is 0. The molecule has 4 N–H and O–H groups in total. The molecule has 1 aliphatic rings. The van der Waals surface area contributed by atoms with E-state index in [9.17, 15) is 0 Å². The first-order valence-corrected chi connectivity index (χ1v) is 5.58. The number of fused-ring (bicyclic) bond motifs is 1. The fourth-order valence-corrected chi connectivity index (χ4v) is 2.22. The van der Waals surface area contributed by atoms with E-state index in [2.05, 4.69) is 23.8 Å². The van der Waals surface area contributed by atoms with Crippen molar-refractivity contribution < 1.29 is 0 Å². The first kappa shape index (κ1) is 11.2. The number of aromatic nitrogens is 1. The van der Waals surface area contributed by atoms with Crippen LogP contribution in [0.15, 0.2) is 23.3 Å². The first-order chi connectivity index (χ1) is 7.54. The Balaban J connectivity index is 2.48. The zero-order valence-corrected chi connectivity index (χ0v) is 9.72. The maximum atomic E-state index is 6.44. The molecule has 1 aromatic rings. The Labute approximate surface area is 95.8 Å². The molecule has 4 heteroatoms. The first-order valence-electron chi connectivity index (χ1n) is 5.58. The van der Waals surface area contributed by atoms with Gasteiger partial charge in [0.05, 0.1) is 23.0 Å². The molecule has 2 unspecified atom stereocenters. The molecule has 0 saturated heterocycles. The molecule has 1 aliphatic heterocycles. The SMILES string of the molecule is CC(C)CC1(N)c2ncccc2N=CC1N. The summed E-state index contributed by atoms with van der Waals surface area (Å²) in [6.07, 6.45) is 4.28. The van der Waals surface area contributed by atoms with Gasteiger partial charge in [0.2, 0.25) is 0 Å². The summed E-state index contributed by atoms with van der Waals surface area (Å²) in [6, 6.07) is 3.52. The smallest absolute Gasteiger partial charge is 0.0878 e. The second-order valence-corrected chi connectivity index (χ2v) is 4.81. The summed E-state index contributed by atoms with van der Waals surface area (Å²) < 4.78 is 0. The Morgan fingerprint density at radius 1 is 1.50 bits per heavy atom. The zero-order valence-electron chi connectivity index (χ0n) is 9.72. The van der Waals surface area contributed by atoms with Gasteiger partial charge in [-0.3, -0.25) is 9.98 Å². The van der Waals surface area contributed by atoms with Crippen LogP contribution >= 0.6 is 0 Å². The molecule has 0 spiro atoms. The number of aliphatic imine (C=N–C) groups is 1. The van der Waals surface area contributed by atoms with E-state index in [1.165, 1.54) is 0 Å². The van der Waals surface area contributed by atoms with Crippen molar-refractivity contribution in [1.82, 2.24) is 4.98 Å². The van der Waals surface area contributed by atoms with Crippen molar-refractivity contribution in [3.8, 4) is 0 Å². The van der Waals surface area contributed by atoms with Crippen molar-refractivity contribution in [2.75, 3.05) is 0 Å². The second-order valence-electron chi connectivity index (χ2n) is 4.81. The maximum absolute atomic E-state index is 6.44. The highest BCUT2D eigenvalue weighted by Gasteiger charge is 2.39. The topological polar surface area (TPSA) is 77.3 Å². The standard InChI is InChI=1S/C12H18N4/c1-8(2)6-12(14)10(13)7-16-9-4-3-5-15-11(9)12/h3-5,7-8,10H,6,13-14H2,1-2H3. The summed E-state index contributed by atoms with van der Waals surface area (Å²) in [7, 11) is 0. The molecule has 0 aliphatic carbocycles. The highest BCUT2D eigenvalue weighted by atomic mass is 15.0. The Kier molecular flexibility index (Phi) is 2.78. The Morgan fingerprint density at radius 3 is 2.94 bits per heavy atom. The lowest BCUT2D eigenvalue weighted by atomic mass is 9.79. The lowest BCUT2D eigenvalue weighted by molar-refractivity contribution is 0.321.